The SMILES string of the molecule is Brc1ccc(OCc2ccccc2)c(CNC[C@H]2CCCO2)c1. The normalized spacial score (nSPS) is 17.3. The van der Waals surface area contributed by atoms with Crippen LogP contribution in [0.2, 0.25) is 0 Å². The van der Waals surface area contributed by atoms with Crippen LogP contribution in [0.4, 0.5) is 0 Å². The van der Waals surface area contributed by atoms with Gasteiger partial charge in [0.1, 0.15) is 12.4 Å². The maximum absolute atomic E-state index is 6.01. The molecule has 0 aromatic heterocycles. The lowest BCUT2D eigenvalue weighted by Crippen LogP contribution is -2.26. The average molecular weight is 376 g/mol. The van der Waals surface area contributed by atoms with E-state index in [0.29, 0.717) is 12.7 Å². The molecule has 1 N–H and O–H groups in total. The van der Waals surface area contributed by atoms with Gasteiger partial charge in [0, 0.05) is 29.7 Å². The molecule has 23 heavy (non-hydrogen) atoms. The maximum atomic E-state index is 6.01. The van der Waals surface area contributed by atoms with E-state index in [4.69, 9.17) is 9.47 Å². The Bertz CT molecular complexity index is 612. The molecular formula is C19H22BrNO2. The molecule has 1 atom stereocenters. The van der Waals surface area contributed by atoms with Gasteiger partial charge in [0.25, 0.3) is 0 Å². The van der Waals surface area contributed by atoms with Crippen molar-refractivity contribution >= 4 is 15.9 Å². The van der Waals surface area contributed by atoms with Gasteiger partial charge in [-0.2, -0.15) is 0 Å². The number of rotatable bonds is 7. The lowest BCUT2D eigenvalue weighted by Gasteiger charge is -2.15. The van der Waals surface area contributed by atoms with Crippen LogP contribution in [0.1, 0.15) is 24.0 Å². The zero-order chi connectivity index (χ0) is 15.9. The van der Waals surface area contributed by atoms with E-state index in [1.807, 2.05) is 30.3 Å². The minimum absolute atomic E-state index is 0.357. The van der Waals surface area contributed by atoms with Gasteiger partial charge in [0.05, 0.1) is 6.10 Å². The standard InChI is InChI=1S/C19H22BrNO2/c20-17-8-9-19(23-14-15-5-2-1-3-6-15)16(11-17)12-21-13-18-7-4-10-22-18/h1-3,5-6,8-9,11,18,21H,4,7,10,12-14H2/t18-/m1/s1. The topological polar surface area (TPSA) is 30.5 Å². The first-order valence-electron chi connectivity index (χ1n) is 8.09. The van der Waals surface area contributed by atoms with Crippen molar-refractivity contribution in [2.75, 3.05) is 13.2 Å². The van der Waals surface area contributed by atoms with Gasteiger partial charge in [-0.3, -0.25) is 0 Å². The zero-order valence-electron chi connectivity index (χ0n) is 13.1. The average Bonchev–Trinajstić information content (AvgIpc) is 3.08. The molecule has 4 heteroatoms. The summed E-state index contributed by atoms with van der Waals surface area (Å²) in [5, 5.41) is 3.48. The Kier molecular flexibility index (Phi) is 6.08. The molecule has 1 saturated heterocycles. The Morgan fingerprint density at radius 3 is 2.83 bits per heavy atom. The number of benzene rings is 2. The Labute approximate surface area is 146 Å². The fourth-order valence-electron chi connectivity index (χ4n) is 2.74. The van der Waals surface area contributed by atoms with Crippen molar-refractivity contribution in [2.45, 2.75) is 32.1 Å². The van der Waals surface area contributed by atoms with Gasteiger partial charge in [-0.1, -0.05) is 46.3 Å². The van der Waals surface area contributed by atoms with Crippen LogP contribution in [0.5, 0.6) is 5.75 Å². The van der Waals surface area contributed by atoms with Gasteiger partial charge < -0.3 is 14.8 Å². The molecule has 2 aromatic rings. The Balaban J connectivity index is 1.58. The summed E-state index contributed by atoms with van der Waals surface area (Å²) in [4.78, 5) is 0. The van der Waals surface area contributed by atoms with Gasteiger partial charge >= 0.3 is 0 Å². The molecule has 0 saturated carbocycles. The largest absolute Gasteiger partial charge is 0.489 e. The maximum Gasteiger partial charge on any atom is 0.124 e. The van der Waals surface area contributed by atoms with Crippen molar-refractivity contribution in [3.63, 3.8) is 0 Å². The molecule has 0 spiro atoms. The highest BCUT2D eigenvalue weighted by atomic mass is 79.9. The lowest BCUT2D eigenvalue weighted by molar-refractivity contribution is 0.110. The molecule has 1 aliphatic heterocycles. The molecule has 0 unspecified atom stereocenters. The molecule has 122 valence electrons. The van der Waals surface area contributed by atoms with Gasteiger partial charge in [-0.05, 0) is 36.6 Å². The van der Waals surface area contributed by atoms with Crippen LogP contribution in [-0.4, -0.2) is 19.3 Å². The van der Waals surface area contributed by atoms with E-state index in [1.165, 1.54) is 12.0 Å². The molecule has 0 bridgehead atoms. The highest BCUT2D eigenvalue weighted by Gasteiger charge is 2.15. The first kappa shape index (κ1) is 16.5. The van der Waals surface area contributed by atoms with Gasteiger partial charge in [0.2, 0.25) is 0 Å². The van der Waals surface area contributed by atoms with Crippen molar-refractivity contribution in [2.24, 2.45) is 0 Å². The molecule has 1 heterocycles. The third-order valence-corrected chi connectivity index (χ3v) is 4.46. The minimum Gasteiger partial charge on any atom is -0.489 e. The summed E-state index contributed by atoms with van der Waals surface area (Å²) in [5.41, 5.74) is 2.34. The zero-order valence-corrected chi connectivity index (χ0v) is 14.7. The van der Waals surface area contributed by atoms with E-state index in [9.17, 15) is 0 Å². The van der Waals surface area contributed by atoms with Crippen LogP contribution < -0.4 is 10.1 Å². The predicted octanol–water partition coefficient (Wildman–Crippen LogP) is 4.30. The molecule has 0 aliphatic carbocycles. The highest BCUT2D eigenvalue weighted by molar-refractivity contribution is 9.10. The molecule has 1 fully saturated rings. The molecule has 3 rings (SSSR count). The highest BCUT2D eigenvalue weighted by Crippen LogP contribution is 2.24. The Hall–Kier alpha value is -1.36. The van der Waals surface area contributed by atoms with Crippen LogP contribution in [0.15, 0.2) is 53.0 Å². The monoisotopic (exact) mass is 375 g/mol. The number of hydrogen-bond donors (Lipinski definition) is 1. The van der Waals surface area contributed by atoms with E-state index < -0.39 is 0 Å². The third kappa shape index (κ3) is 5.06. The van der Waals surface area contributed by atoms with Crippen LogP contribution in [0.3, 0.4) is 0 Å². The van der Waals surface area contributed by atoms with Crippen molar-refractivity contribution in [3.8, 4) is 5.75 Å². The van der Waals surface area contributed by atoms with Crippen LogP contribution in [-0.2, 0) is 17.9 Å². The fourth-order valence-corrected chi connectivity index (χ4v) is 3.14. The number of halogens is 1. The lowest BCUT2D eigenvalue weighted by atomic mass is 10.2. The fraction of sp³-hybridized carbons (Fsp3) is 0.368. The van der Waals surface area contributed by atoms with Gasteiger partial charge in [-0.25, -0.2) is 0 Å². The van der Waals surface area contributed by atoms with E-state index >= 15 is 0 Å². The summed E-state index contributed by atoms with van der Waals surface area (Å²) in [5.74, 6) is 0.928. The van der Waals surface area contributed by atoms with Crippen LogP contribution in [0, 0.1) is 0 Å². The molecule has 3 nitrogen and oxygen atoms in total. The van der Waals surface area contributed by atoms with E-state index in [2.05, 4.69) is 39.4 Å². The first-order valence-corrected chi connectivity index (χ1v) is 8.88. The second-order valence-electron chi connectivity index (χ2n) is 5.79. The molecular weight excluding hydrogens is 354 g/mol. The van der Waals surface area contributed by atoms with Gasteiger partial charge in [0.15, 0.2) is 0 Å². The van der Waals surface area contributed by atoms with Crippen molar-refractivity contribution < 1.29 is 9.47 Å². The van der Waals surface area contributed by atoms with Gasteiger partial charge in [-0.15, -0.1) is 0 Å². The van der Waals surface area contributed by atoms with Crippen molar-refractivity contribution in [1.29, 1.82) is 0 Å². The summed E-state index contributed by atoms with van der Waals surface area (Å²) in [7, 11) is 0. The second kappa shape index (κ2) is 8.48. The number of nitrogens with one attached hydrogen (secondary N) is 1. The Morgan fingerprint density at radius 1 is 1.17 bits per heavy atom. The van der Waals surface area contributed by atoms with Crippen molar-refractivity contribution in [3.05, 3.63) is 64.1 Å². The molecule has 0 amide bonds. The quantitative estimate of drug-likeness (QED) is 0.782. The van der Waals surface area contributed by atoms with E-state index in [1.54, 1.807) is 0 Å². The number of ether oxygens (including phenoxy) is 2. The summed E-state index contributed by atoms with van der Waals surface area (Å²) in [6.45, 7) is 3.16. The predicted molar refractivity (Wildman–Crippen MR) is 95.6 cm³/mol. The summed E-state index contributed by atoms with van der Waals surface area (Å²) in [6.07, 6.45) is 2.69. The van der Waals surface area contributed by atoms with Crippen LogP contribution >= 0.6 is 15.9 Å². The molecule has 2 aromatic carbocycles. The summed E-state index contributed by atoms with van der Waals surface area (Å²) in [6, 6.07) is 16.4. The minimum atomic E-state index is 0.357. The Morgan fingerprint density at radius 2 is 2.04 bits per heavy atom. The van der Waals surface area contributed by atoms with Crippen LogP contribution in [0.25, 0.3) is 0 Å². The number of hydrogen-bond acceptors (Lipinski definition) is 3. The summed E-state index contributed by atoms with van der Waals surface area (Å²) >= 11 is 3.54. The first-order chi connectivity index (χ1) is 11.3. The second-order valence-corrected chi connectivity index (χ2v) is 6.71. The van der Waals surface area contributed by atoms with Crippen molar-refractivity contribution in [1.82, 2.24) is 5.32 Å². The third-order valence-electron chi connectivity index (χ3n) is 3.97. The molecule has 1 aliphatic rings. The molecule has 0 radical (unpaired) electrons. The smallest absolute Gasteiger partial charge is 0.124 e. The van der Waals surface area contributed by atoms with E-state index in [0.717, 1.165) is 41.9 Å². The summed E-state index contributed by atoms with van der Waals surface area (Å²) < 4.78 is 12.7. The van der Waals surface area contributed by atoms with E-state index in [-0.39, 0.29) is 0 Å².